The summed E-state index contributed by atoms with van der Waals surface area (Å²) in [4.78, 5) is 11.4. The molecule has 0 heterocycles. The molecular formula is C11H15BF4N2O3S. The van der Waals surface area contributed by atoms with Crippen LogP contribution in [0.25, 0.3) is 0 Å². The lowest BCUT2D eigenvalue weighted by Gasteiger charge is -2.07. The van der Waals surface area contributed by atoms with Crippen molar-refractivity contribution in [3.05, 3.63) is 11.1 Å². The van der Waals surface area contributed by atoms with Crippen molar-refractivity contribution in [1.29, 1.82) is 10.5 Å². The monoisotopic (exact) mass is 342 g/mol. The highest BCUT2D eigenvalue weighted by Gasteiger charge is 2.24. The molecule has 0 fully saturated rings. The summed E-state index contributed by atoms with van der Waals surface area (Å²) in [5.41, 5.74) is 0.0195. The maximum Gasteiger partial charge on any atom is 0.673 e. The van der Waals surface area contributed by atoms with E-state index in [1.54, 1.807) is 12.1 Å². The molecule has 0 aliphatic carbocycles. The molecule has 0 atom stereocenters. The molecular weight excluding hydrogens is 327 g/mol. The Balaban J connectivity index is 0. The first-order valence-corrected chi connectivity index (χ1v) is 7.61. The summed E-state index contributed by atoms with van der Waals surface area (Å²) in [6, 6.07) is 3.40. The van der Waals surface area contributed by atoms with Crippen LogP contribution in [-0.2, 0) is 15.7 Å². The van der Waals surface area contributed by atoms with Crippen molar-refractivity contribution in [3.8, 4) is 12.1 Å². The predicted molar refractivity (Wildman–Crippen MR) is 75.3 cm³/mol. The number of allylic oxidation sites excluding steroid dienone is 1. The summed E-state index contributed by atoms with van der Waals surface area (Å²) in [7, 11) is -6.38. The zero-order chi connectivity index (χ0) is 17.8. The van der Waals surface area contributed by atoms with Crippen molar-refractivity contribution in [2.75, 3.05) is 30.5 Å². The van der Waals surface area contributed by atoms with Gasteiger partial charge in [-0.15, -0.1) is 0 Å². The molecule has 22 heavy (non-hydrogen) atoms. The summed E-state index contributed by atoms with van der Waals surface area (Å²) in [5.74, 6) is 0.882. The molecule has 0 aromatic carbocycles. The van der Waals surface area contributed by atoms with Crippen LogP contribution in [0, 0.1) is 22.7 Å². The van der Waals surface area contributed by atoms with Gasteiger partial charge in [-0.1, -0.05) is 0 Å². The first-order chi connectivity index (χ1) is 10.1. The highest BCUT2D eigenvalue weighted by Crippen LogP contribution is 2.11. The van der Waals surface area contributed by atoms with Gasteiger partial charge in [-0.2, -0.15) is 10.5 Å². The topological polar surface area (TPSA) is 105 Å². The summed E-state index contributed by atoms with van der Waals surface area (Å²) in [6.45, 7) is 1.23. The maximum atomic E-state index is 11.4. The fourth-order valence-corrected chi connectivity index (χ4v) is 2.98. The van der Waals surface area contributed by atoms with E-state index in [2.05, 4.69) is 0 Å². The minimum Gasteiger partial charge on any atom is -0.418 e. The van der Waals surface area contributed by atoms with Crippen molar-refractivity contribution < 1.29 is 32.3 Å². The molecule has 0 unspecified atom stereocenters. The predicted octanol–water partition coefficient (Wildman–Crippen LogP) is 0.822. The molecule has 0 bridgehead atoms. The largest absolute Gasteiger partial charge is 0.673 e. The lowest BCUT2D eigenvalue weighted by Crippen LogP contribution is -2.24. The molecule has 0 amide bonds. The molecule has 0 aliphatic heterocycles. The Hall–Kier alpha value is -1.56. The Morgan fingerprint density at radius 1 is 1.09 bits per heavy atom. The second kappa shape index (κ2) is 12.0. The van der Waals surface area contributed by atoms with Gasteiger partial charge in [0.15, 0.2) is 5.78 Å². The number of carbonyl (C=O) groups excluding carboxylic acids is 1. The van der Waals surface area contributed by atoms with Gasteiger partial charge in [0.05, 0.1) is 18.8 Å². The third-order valence-corrected chi connectivity index (χ3v) is 4.28. The van der Waals surface area contributed by atoms with Crippen LogP contribution in [0.1, 0.15) is 6.92 Å². The number of halogens is 4. The lowest BCUT2D eigenvalue weighted by molar-refractivity contribution is -0.113. The van der Waals surface area contributed by atoms with E-state index in [4.69, 9.17) is 20.7 Å². The van der Waals surface area contributed by atoms with E-state index >= 15 is 0 Å². The van der Waals surface area contributed by atoms with E-state index in [9.17, 15) is 22.1 Å². The van der Waals surface area contributed by atoms with Gasteiger partial charge < -0.3 is 27.5 Å². The summed E-state index contributed by atoms with van der Waals surface area (Å²) < 4.78 is 39.0. The number of hydrogen-bond donors (Lipinski definition) is 2. The van der Waals surface area contributed by atoms with Crippen LogP contribution < -0.4 is 0 Å². The van der Waals surface area contributed by atoms with Gasteiger partial charge in [-0.05, 0) is 17.8 Å². The van der Waals surface area contributed by atoms with Gasteiger partial charge in [0.2, 0.25) is 0 Å². The van der Waals surface area contributed by atoms with Crippen molar-refractivity contribution in [2.45, 2.75) is 6.92 Å². The standard InChI is InChI=1S/C11H15N2O3S.BF4/c1-9(16)11(10(6-12)7-13)8-17(4-2-14)5-3-15;2-1(3,4)5/h14-15H,2-5,8H2,1H3;/q+1;-1. The number of carbonyl (C=O) groups is 1. The SMILES string of the molecule is CC(=O)C(C[S+](CCO)CCO)=C(C#N)C#N.F[B-](F)(F)F. The van der Waals surface area contributed by atoms with E-state index in [0.717, 1.165) is 0 Å². The third-order valence-electron chi connectivity index (χ3n) is 2.06. The Morgan fingerprint density at radius 3 is 1.68 bits per heavy atom. The minimum absolute atomic E-state index is 0.0390. The zero-order valence-corrected chi connectivity index (χ0v) is 12.5. The zero-order valence-electron chi connectivity index (χ0n) is 11.7. The Morgan fingerprint density at radius 2 is 1.45 bits per heavy atom. The first-order valence-electron chi connectivity index (χ1n) is 5.88. The summed E-state index contributed by atoms with van der Waals surface area (Å²) >= 11 is 0. The van der Waals surface area contributed by atoms with Crippen LogP contribution in [0.15, 0.2) is 11.1 Å². The molecule has 5 nitrogen and oxygen atoms in total. The van der Waals surface area contributed by atoms with Crippen LogP contribution in [0.4, 0.5) is 17.3 Å². The molecule has 0 aliphatic rings. The number of Topliss-reactive ketones (excluding diaryl/α,β-unsaturated/α-hetero) is 1. The fraction of sp³-hybridized carbons (Fsp3) is 0.545. The second-order valence-corrected chi connectivity index (χ2v) is 6.07. The number of ketones is 1. The minimum atomic E-state index is -6.00. The average molecular weight is 342 g/mol. The molecule has 11 heteroatoms. The van der Waals surface area contributed by atoms with Crippen LogP contribution in [0.3, 0.4) is 0 Å². The molecule has 0 radical (unpaired) electrons. The summed E-state index contributed by atoms with van der Waals surface area (Å²) in [6.07, 6.45) is 0. The lowest BCUT2D eigenvalue weighted by atomic mass is 10.1. The van der Waals surface area contributed by atoms with Gasteiger partial charge in [0.25, 0.3) is 0 Å². The second-order valence-electron chi connectivity index (χ2n) is 3.74. The van der Waals surface area contributed by atoms with E-state index in [0.29, 0.717) is 11.5 Å². The van der Waals surface area contributed by atoms with Gasteiger partial charge in [-0.3, -0.25) is 4.79 Å². The quantitative estimate of drug-likeness (QED) is 0.234. The maximum absolute atomic E-state index is 11.4. The number of nitriles is 2. The van der Waals surface area contributed by atoms with Crippen molar-refractivity contribution in [2.24, 2.45) is 0 Å². The molecule has 0 aromatic rings. The highest BCUT2D eigenvalue weighted by molar-refractivity contribution is 7.97. The fourth-order valence-electron chi connectivity index (χ4n) is 1.22. The first kappa shape index (κ1) is 22.7. The molecule has 0 rings (SSSR count). The molecule has 0 saturated carbocycles. The van der Waals surface area contributed by atoms with Crippen LogP contribution >= 0.6 is 0 Å². The summed E-state index contributed by atoms with van der Waals surface area (Å²) in [5, 5.41) is 35.2. The smallest absolute Gasteiger partial charge is 0.418 e. The van der Waals surface area contributed by atoms with Crippen LogP contribution in [0.2, 0.25) is 0 Å². The van der Waals surface area contributed by atoms with Crippen molar-refractivity contribution in [1.82, 2.24) is 0 Å². The Labute approximate surface area is 128 Å². The van der Waals surface area contributed by atoms with Gasteiger partial charge in [0, 0.05) is 0 Å². The third kappa shape index (κ3) is 13.4. The number of aliphatic hydroxyl groups excluding tert-OH is 2. The normalized spacial score (nSPS) is 10.1. The molecule has 0 saturated heterocycles. The van der Waals surface area contributed by atoms with Crippen molar-refractivity contribution in [3.63, 3.8) is 0 Å². The number of hydrogen-bond acceptors (Lipinski definition) is 5. The van der Waals surface area contributed by atoms with E-state index in [-0.39, 0.29) is 46.8 Å². The van der Waals surface area contributed by atoms with E-state index in [1.807, 2.05) is 0 Å². The van der Waals surface area contributed by atoms with Crippen molar-refractivity contribution >= 4 is 23.9 Å². The Kier molecular flexibility index (Phi) is 12.4. The van der Waals surface area contributed by atoms with Gasteiger partial charge >= 0.3 is 7.25 Å². The number of rotatable bonds is 7. The molecule has 2 N–H and O–H groups in total. The van der Waals surface area contributed by atoms with E-state index < -0.39 is 7.25 Å². The van der Waals surface area contributed by atoms with Crippen LogP contribution in [-0.4, -0.2) is 53.7 Å². The number of aliphatic hydroxyl groups is 2. The number of nitrogens with zero attached hydrogens (tertiary/aromatic N) is 2. The van der Waals surface area contributed by atoms with Gasteiger partial charge in [-0.25, -0.2) is 0 Å². The van der Waals surface area contributed by atoms with E-state index in [1.165, 1.54) is 6.92 Å². The molecule has 124 valence electrons. The molecule has 0 spiro atoms. The van der Waals surface area contributed by atoms with Crippen LogP contribution in [0.5, 0.6) is 0 Å². The highest BCUT2D eigenvalue weighted by atomic mass is 32.2. The Bertz CT molecular complexity index is 443. The molecule has 0 aromatic heterocycles. The average Bonchev–Trinajstić information content (AvgIpc) is 2.37. The van der Waals surface area contributed by atoms with Gasteiger partial charge in [0.1, 0.15) is 35.0 Å².